The lowest BCUT2D eigenvalue weighted by atomic mass is 9.91. The Morgan fingerprint density at radius 2 is 1.62 bits per heavy atom. The van der Waals surface area contributed by atoms with Crippen LogP contribution in [-0.4, -0.2) is 22.8 Å². The number of rotatable bonds is 6. The Bertz CT molecular complexity index is 1300. The van der Waals surface area contributed by atoms with Crippen molar-refractivity contribution in [1.82, 2.24) is 0 Å². The first-order chi connectivity index (χ1) is 16.2. The van der Waals surface area contributed by atoms with E-state index < -0.39 is 5.97 Å². The van der Waals surface area contributed by atoms with Gasteiger partial charge in [0, 0.05) is 5.56 Å². The third-order valence-corrected chi connectivity index (χ3v) is 5.59. The summed E-state index contributed by atoms with van der Waals surface area (Å²) in [6.07, 6.45) is 0.641. The molecule has 2 N–H and O–H groups in total. The number of ether oxygens (including phenoxy) is 1. The van der Waals surface area contributed by atoms with Gasteiger partial charge in [-0.05, 0) is 96.5 Å². The fourth-order valence-electron chi connectivity index (χ4n) is 3.79. The van der Waals surface area contributed by atoms with Gasteiger partial charge in [0.1, 0.15) is 11.5 Å². The van der Waals surface area contributed by atoms with Gasteiger partial charge in [0.25, 0.3) is 0 Å². The van der Waals surface area contributed by atoms with Gasteiger partial charge in [-0.1, -0.05) is 31.8 Å². The van der Waals surface area contributed by atoms with Gasteiger partial charge in [0.05, 0.1) is 17.2 Å². The average molecular weight is 454 g/mol. The first-order valence-electron chi connectivity index (χ1n) is 11.0. The SMILES string of the molecule is Cc1cc(OCC(=O)O)cc(C)c1Cc1cc(C#Cc2ccc(C#N)cc2)c(O)c(C(C)C)c1. The normalized spacial score (nSPS) is 10.4. The lowest BCUT2D eigenvalue weighted by Crippen LogP contribution is -2.10. The molecule has 0 amide bonds. The summed E-state index contributed by atoms with van der Waals surface area (Å²) in [5, 5.41) is 28.7. The Balaban J connectivity index is 1.97. The molecule has 0 heterocycles. The summed E-state index contributed by atoms with van der Waals surface area (Å²) < 4.78 is 5.34. The molecule has 3 aromatic carbocycles. The smallest absolute Gasteiger partial charge is 0.341 e. The van der Waals surface area contributed by atoms with Crippen LogP contribution >= 0.6 is 0 Å². The number of nitrogens with zero attached hydrogens (tertiary/aromatic N) is 1. The molecule has 0 saturated heterocycles. The Hall–Kier alpha value is -4.22. The maximum absolute atomic E-state index is 10.8. The minimum atomic E-state index is -1.01. The van der Waals surface area contributed by atoms with Crippen molar-refractivity contribution in [2.45, 2.75) is 40.0 Å². The second kappa shape index (κ2) is 10.6. The van der Waals surface area contributed by atoms with Crippen molar-refractivity contribution in [2.24, 2.45) is 0 Å². The molecule has 0 saturated carbocycles. The Kier molecular flexibility index (Phi) is 7.61. The molecular formula is C29H27NO4. The van der Waals surface area contributed by atoms with E-state index in [1.807, 2.05) is 52.0 Å². The molecule has 0 aliphatic heterocycles. The van der Waals surface area contributed by atoms with Crippen LogP contribution in [0.3, 0.4) is 0 Å². The molecule has 0 aliphatic carbocycles. The van der Waals surface area contributed by atoms with Crippen LogP contribution in [0.5, 0.6) is 11.5 Å². The second-order valence-electron chi connectivity index (χ2n) is 8.57. The van der Waals surface area contributed by atoms with E-state index in [1.165, 1.54) is 0 Å². The molecule has 0 radical (unpaired) electrons. The molecule has 0 aromatic heterocycles. The van der Waals surface area contributed by atoms with E-state index in [-0.39, 0.29) is 18.3 Å². The second-order valence-corrected chi connectivity index (χ2v) is 8.57. The van der Waals surface area contributed by atoms with Gasteiger partial charge in [0.15, 0.2) is 6.61 Å². The fraction of sp³-hybridized carbons (Fsp3) is 0.241. The van der Waals surface area contributed by atoms with Crippen LogP contribution in [0.25, 0.3) is 0 Å². The van der Waals surface area contributed by atoms with Gasteiger partial charge in [-0.25, -0.2) is 4.79 Å². The molecule has 5 nitrogen and oxygen atoms in total. The van der Waals surface area contributed by atoms with Crippen LogP contribution in [-0.2, 0) is 11.2 Å². The van der Waals surface area contributed by atoms with Gasteiger partial charge < -0.3 is 14.9 Å². The Labute approximate surface area is 200 Å². The zero-order valence-corrected chi connectivity index (χ0v) is 19.8. The summed E-state index contributed by atoms with van der Waals surface area (Å²) >= 11 is 0. The predicted octanol–water partition coefficient (Wildman–Crippen LogP) is 5.46. The predicted molar refractivity (Wildman–Crippen MR) is 131 cm³/mol. The van der Waals surface area contributed by atoms with Crippen molar-refractivity contribution in [3.63, 3.8) is 0 Å². The van der Waals surface area contributed by atoms with E-state index in [0.29, 0.717) is 23.3 Å². The van der Waals surface area contributed by atoms with Crippen molar-refractivity contribution >= 4 is 5.97 Å². The van der Waals surface area contributed by atoms with Crippen LogP contribution in [0, 0.1) is 37.0 Å². The van der Waals surface area contributed by atoms with Gasteiger partial charge >= 0.3 is 5.97 Å². The zero-order chi connectivity index (χ0) is 24.8. The average Bonchev–Trinajstić information content (AvgIpc) is 2.80. The number of phenolic OH excluding ortho intramolecular Hbond substituents is 1. The number of carbonyl (C=O) groups is 1. The lowest BCUT2D eigenvalue weighted by molar-refractivity contribution is -0.139. The Morgan fingerprint density at radius 3 is 2.18 bits per heavy atom. The Morgan fingerprint density at radius 1 is 1.00 bits per heavy atom. The summed E-state index contributed by atoms with van der Waals surface area (Å²) in [4.78, 5) is 10.8. The van der Waals surface area contributed by atoms with Gasteiger partial charge in [-0.2, -0.15) is 5.26 Å². The van der Waals surface area contributed by atoms with Crippen LogP contribution in [0.2, 0.25) is 0 Å². The lowest BCUT2D eigenvalue weighted by Gasteiger charge is -2.16. The van der Waals surface area contributed by atoms with Crippen molar-refractivity contribution < 1.29 is 19.7 Å². The summed E-state index contributed by atoms with van der Waals surface area (Å²) in [6.45, 7) is 7.63. The van der Waals surface area contributed by atoms with E-state index in [1.54, 1.807) is 24.3 Å². The highest BCUT2D eigenvalue weighted by atomic mass is 16.5. The number of carboxylic acid groups (broad SMARTS) is 1. The van der Waals surface area contributed by atoms with Crippen LogP contribution in [0.4, 0.5) is 0 Å². The van der Waals surface area contributed by atoms with E-state index in [9.17, 15) is 9.90 Å². The number of hydrogen-bond acceptors (Lipinski definition) is 4. The quantitative estimate of drug-likeness (QED) is 0.484. The number of phenols is 1. The molecule has 34 heavy (non-hydrogen) atoms. The molecule has 3 aromatic rings. The molecule has 0 atom stereocenters. The maximum Gasteiger partial charge on any atom is 0.341 e. The first kappa shape index (κ1) is 24.4. The summed E-state index contributed by atoms with van der Waals surface area (Å²) in [5.74, 6) is 5.99. The number of aliphatic carboxylic acids is 1. The number of aromatic hydroxyl groups is 1. The number of benzene rings is 3. The molecule has 3 rings (SSSR count). The summed E-state index contributed by atoms with van der Waals surface area (Å²) in [5.41, 5.74) is 6.88. The molecule has 0 spiro atoms. The first-order valence-corrected chi connectivity index (χ1v) is 11.0. The molecule has 0 unspecified atom stereocenters. The number of carboxylic acids is 1. The van der Waals surface area contributed by atoms with Gasteiger partial charge in [-0.15, -0.1) is 0 Å². The van der Waals surface area contributed by atoms with Crippen molar-refractivity contribution in [2.75, 3.05) is 6.61 Å². The van der Waals surface area contributed by atoms with Crippen LogP contribution in [0.15, 0.2) is 48.5 Å². The van der Waals surface area contributed by atoms with E-state index in [4.69, 9.17) is 15.1 Å². The minimum Gasteiger partial charge on any atom is -0.506 e. The van der Waals surface area contributed by atoms with E-state index >= 15 is 0 Å². The molecule has 0 aliphatic rings. The van der Waals surface area contributed by atoms with Crippen LogP contribution in [0.1, 0.15) is 64.3 Å². The fourth-order valence-corrected chi connectivity index (χ4v) is 3.79. The summed E-state index contributed by atoms with van der Waals surface area (Å²) in [6, 6.07) is 16.7. The number of nitriles is 1. The molecule has 0 bridgehead atoms. The molecular weight excluding hydrogens is 426 g/mol. The van der Waals surface area contributed by atoms with Crippen molar-refractivity contribution in [1.29, 1.82) is 5.26 Å². The standard InChI is InChI=1S/C29H27NO4/c1-18(2)26-14-23(15-27-19(3)11-25(12-20(27)4)34-17-28(31)32)13-24(29(26)33)10-9-21-5-7-22(16-30)8-6-21/h5-8,11-14,18,33H,15,17H2,1-4H3,(H,31,32). The zero-order valence-electron chi connectivity index (χ0n) is 19.8. The third kappa shape index (κ3) is 5.97. The van der Waals surface area contributed by atoms with Crippen molar-refractivity contribution in [3.05, 3.63) is 93.0 Å². The number of hydrogen-bond donors (Lipinski definition) is 2. The van der Waals surface area contributed by atoms with Gasteiger partial charge in [-0.3, -0.25) is 0 Å². The van der Waals surface area contributed by atoms with Gasteiger partial charge in [0.2, 0.25) is 0 Å². The van der Waals surface area contributed by atoms with Crippen LogP contribution < -0.4 is 4.74 Å². The highest BCUT2D eigenvalue weighted by Gasteiger charge is 2.14. The maximum atomic E-state index is 10.8. The molecule has 172 valence electrons. The summed E-state index contributed by atoms with van der Waals surface area (Å²) in [7, 11) is 0. The molecule has 0 fully saturated rings. The molecule has 5 heteroatoms. The largest absolute Gasteiger partial charge is 0.506 e. The highest BCUT2D eigenvalue weighted by molar-refractivity contribution is 5.68. The topological polar surface area (TPSA) is 90.5 Å². The van der Waals surface area contributed by atoms with E-state index in [0.717, 1.165) is 33.4 Å². The monoisotopic (exact) mass is 453 g/mol. The minimum absolute atomic E-state index is 0.115. The van der Waals surface area contributed by atoms with E-state index in [2.05, 4.69) is 17.9 Å². The third-order valence-electron chi connectivity index (χ3n) is 5.59. The van der Waals surface area contributed by atoms with Crippen molar-refractivity contribution in [3.8, 4) is 29.4 Å². The number of aryl methyl sites for hydroxylation is 2. The highest BCUT2D eigenvalue weighted by Crippen LogP contribution is 2.32.